The average molecular weight is 303 g/mol. The summed E-state index contributed by atoms with van der Waals surface area (Å²) in [5.74, 6) is 0.481. The molecule has 0 aliphatic carbocycles. The Bertz CT molecular complexity index is 639. The molecule has 21 heavy (non-hydrogen) atoms. The lowest BCUT2D eigenvalue weighted by Gasteiger charge is -2.03. The minimum Gasteiger partial charge on any atom is -0.494 e. The first kappa shape index (κ1) is 15.1. The number of hydrogen-bond donors (Lipinski definition) is 1. The zero-order chi connectivity index (χ0) is 15.1. The first-order valence-electron chi connectivity index (χ1n) is 6.51. The van der Waals surface area contributed by atoms with Gasteiger partial charge in [-0.05, 0) is 48.9 Å². The predicted octanol–water partition coefficient (Wildman–Crippen LogP) is 3.50. The Balaban J connectivity index is 1.97. The second kappa shape index (κ2) is 7.45. The molecule has 0 heterocycles. The second-order valence-electron chi connectivity index (χ2n) is 4.21. The molecule has 0 fully saturated rings. The molecule has 0 aliphatic heterocycles. The fourth-order valence-electron chi connectivity index (χ4n) is 1.68. The van der Waals surface area contributed by atoms with Gasteiger partial charge in [-0.3, -0.25) is 4.79 Å². The van der Waals surface area contributed by atoms with Crippen LogP contribution in [0.2, 0.25) is 5.02 Å². The van der Waals surface area contributed by atoms with Crippen molar-refractivity contribution in [3.05, 3.63) is 64.7 Å². The third kappa shape index (κ3) is 4.61. The molecule has 4 nitrogen and oxygen atoms in total. The van der Waals surface area contributed by atoms with E-state index >= 15 is 0 Å². The molecule has 2 aromatic rings. The summed E-state index contributed by atoms with van der Waals surface area (Å²) < 4.78 is 5.39. The molecule has 1 amide bonds. The molecular weight excluding hydrogens is 288 g/mol. The van der Waals surface area contributed by atoms with E-state index in [-0.39, 0.29) is 5.91 Å². The highest BCUT2D eigenvalue weighted by molar-refractivity contribution is 6.30. The van der Waals surface area contributed by atoms with Crippen LogP contribution in [0.1, 0.15) is 22.8 Å². The smallest absolute Gasteiger partial charge is 0.271 e. The quantitative estimate of drug-likeness (QED) is 0.679. The minimum atomic E-state index is -0.288. The van der Waals surface area contributed by atoms with E-state index in [1.54, 1.807) is 30.5 Å². The number of carbonyl (C=O) groups excluding carboxylic acids is 1. The van der Waals surface area contributed by atoms with Gasteiger partial charge in [-0.25, -0.2) is 5.43 Å². The minimum absolute atomic E-state index is 0.288. The largest absolute Gasteiger partial charge is 0.494 e. The van der Waals surface area contributed by atoms with Crippen LogP contribution in [0.3, 0.4) is 0 Å². The molecule has 0 atom stereocenters. The molecule has 0 saturated heterocycles. The standard InChI is InChI=1S/C16H15ClN2O2/c1-2-21-15-5-3-4-12(10-15)11-18-19-16(20)13-6-8-14(17)9-7-13/h3-11H,2H2,1H3,(H,19,20)/b18-11+. The van der Waals surface area contributed by atoms with Crippen LogP contribution in [0.25, 0.3) is 0 Å². The number of nitrogens with one attached hydrogen (secondary N) is 1. The average Bonchev–Trinajstić information content (AvgIpc) is 2.48. The Hall–Kier alpha value is -2.33. The Morgan fingerprint density at radius 3 is 2.76 bits per heavy atom. The van der Waals surface area contributed by atoms with Gasteiger partial charge < -0.3 is 4.74 Å². The van der Waals surface area contributed by atoms with Crippen LogP contribution in [0.5, 0.6) is 5.75 Å². The van der Waals surface area contributed by atoms with Gasteiger partial charge in [0.05, 0.1) is 12.8 Å². The zero-order valence-corrected chi connectivity index (χ0v) is 12.3. The summed E-state index contributed by atoms with van der Waals surface area (Å²) >= 11 is 5.77. The summed E-state index contributed by atoms with van der Waals surface area (Å²) in [5.41, 5.74) is 3.81. The zero-order valence-electron chi connectivity index (χ0n) is 11.5. The molecule has 1 N–H and O–H groups in total. The number of amides is 1. The SMILES string of the molecule is CCOc1cccc(/C=N/NC(=O)c2ccc(Cl)cc2)c1. The van der Waals surface area contributed by atoms with E-state index in [1.165, 1.54) is 0 Å². The maximum atomic E-state index is 11.8. The number of hydrazone groups is 1. The number of rotatable bonds is 5. The lowest BCUT2D eigenvalue weighted by molar-refractivity contribution is 0.0955. The monoisotopic (exact) mass is 302 g/mol. The van der Waals surface area contributed by atoms with Crippen molar-refractivity contribution in [2.45, 2.75) is 6.92 Å². The van der Waals surface area contributed by atoms with E-state index in [2.05, 4.69) is 10.5 Å². The third-order valence-electron chi connectivity index (χ3n) is 2.66. The van der Waals surface area contributed by atoms with Crippen molar-refractivity contribution in [2.24, 2.45) is 5.10 Å². The fourth-order valence-corrected chi connectivity index (χ4v) is 1.81. The number of hydrogen-bond acceptors (Lipinski definition) is 3. The van der Waals surface area contributed by atoms with Crippen molar-refractivity contribution in [1.29, 1.82) is 0 Å². The van der Waals surface area contributed by atoms with Crippen molar-refractivity contribution in [1.82, 2.24) is 5.43 Å². The number of nitrogens with zero attached hydrogens (tertiary/aromatic N) is 1. The highest BCUT2D eigenvalue weighted by atomic mass is 35.5. The Morgan fingerprint density at radius 2 is 2.05 bits per heavy atom. The number of benzene rings is 2. The van der Waals surface area contributed by atoms with Crippen molar-refractivity contribution in [3.8, 4) is 5.75 Å². The van der Waals surface area contributed by atoms with Gasteiger partial charge >= 0.3 is 0 Å². The molecule has 0 aliphatic rings. The van der Waals surface area contributed by atoms with Crippen LogP contribution < -0.4 is 10.2 Å². The maximum Gasteiger partial charge on any atom is 0.271 e. The first-order chi connectivity index (χ1) is 10.2. The lowest BCUT2D eigenvalue weighted by Crippen LogP contribution is -2.17. The van der Waals surface area contributed by atoms with Gasteiger partial charge in [0, 0.05) is 10.6 Å². The lowest BCUT2D eigenvalue weighted by atomic mass is 10.2. The number of halogens is 1. The first-order valence-corrected chi connectivity index (χ1v) is 6.88. The van der Waals surface area contributed by atoms with Gasteiger partial charge in [-0.1, -0.05) is 23.7 Å². The van der Waals surface area contributed by atoms with E-state index in [0.717, 1.165) is 11.3 Å². The molecule has 108 valence electrons. The molecular formula is C16H15ClN2O2. The predicted molar refractivity (Wildman–Crippen MR) is 84.1 cm³/mol. The van der Waals surface area contributed by atoms with Crippen molar-refractivity contribution >= 4 is 23.7 Å². The number of carbonyl (C=O) groups is 1. The molecule has 2 aromatic carbocycles. The molecule has 0 radical (unpaired) electrons. The summed E-state index contributed by atoms with van der Waals surface area (Å²) in [6.45, 7) is 2.53. The highest BCUT2D eigenvalue weighted by Crippen LogP contribution is 2.12. The topological polar surface area (TPSA) is 50.7 Å². The molecule has 0 saturated carbocycles. The maximum absolute atomic E-state index is 11.8. The third-order valence-corrected chi connectivity index (χ3v) is 2.91. The Labute approximate surface area is 128 Å². The van der Waals surface area contributed by atoms with Crippen LogP contribution in [0.4, 0.5) is 0 Å². The Kier molecular flexibility index (Phi) is 5.35. The normalized spacial score (nSPS) is 10.6. The van der Waals surface area contributed by atoms with Crippen LogP contribution in [0.15, 0.2) is 53.6 Å². The van der Waals surface area contributed by atoms with Crippen LogP contribution >= 0.6 is 11.6 Å². The highest BCUT2D eigenvalue weighted by Gasteiger charge is 2.03. The van der Waals surface area contributed by atoms with Gasteiger partial charge in [0.1, 0.15) is 5.75 Å². The van der Waals surface area contributed by atoms with E-state index < -0.39 is 0 Å². The van der Waals surface area contributed by atoms with Gasteiger partial charge in [-0.2, -0.15) is 5.10 Å². The van der Waals surface area contributed by atoms with Crippen molar-refractivity contribution in [3.63, 3.8) is 0 Å². The van der Waals surface area contributed by atoms with Crippen molar-refractivity contribution in [2.75, 3.05) is 6.61 Å². The van der Waals surface area contributed by atoms with E-state index in [9.17, 15) is 4.79 Å². The summed E-state index contributed by atoms with van der Waals surface area (Å²) in [6, 6.07) is 14.1. The number of ether oxygens (including phenoxy) is 1. The molecule has 0 unspecified atom stereocenters. The Morgan fingerprint density at radius 1 is 1.29 bits per heavy atom. The summed E-state index contributed by atoms with van der Waals surface area (Å²) in [6.07, 6.45) is 1.57. The van der Waals surface area contributed by atoms with Crippen molar-refractivity contribution < 1.29 is 9.53 Å². The molecule has 2 rings (SSSR count). The van der Waals surface area contributed by atoms with E-state index in [1.807, 2.05) is 31.2 Å². The van der Waals surface area contributed by atoms with Gasteiger partial charge in [0.25, 0.3) is 5.91 Å². The van der Waals surface area contributed by atoms with Crippen LogP contribution in [-0.4, -0.2) is 18.7 Å². The molecule has 0 spiro atoms. The van der Waals surface area contributed by atoms with Gasteiger partial charge in [0.15, 0.2) is 0 Å². The molecule has 0 aromatic heterocycles. The van der Waals surface area contributed by atoms with E-state index in [0.29, 0.717) is 17.2 Å². The van der Waals surface area contributed by atoms with Gasteiger partial charge in [-0.15, -0.1) is 0 Å². The van der Waals surface area contributed by atoms with Gasteiger partial charge in [0.2, 0.25) is 0 Å². The summed E-state index contributed by atoms with van der Waals surface area (Å²) in [7, 11) is 0. The summed E-state index contributed by atoms with van der Waals surface area (Å²) in [5, 5.41) is 4.51. The van der Waals surface area contributed by atoms with E-state index in [4.69, 9.17) is 16.3 Å². The van der Waals surface area contributed by atoms with Crippen LogP contribution in [-0.2, 0) is 0 Å². The molecule has 5 heteroatoms. The summed E-state index contributed by atoms with van der Waals surface area (Å²) in [4.78, 5) is 11.8. The molecule has 0 bridgehead atoms. The van der Waals surface area contributed by atoms with Crippen LogP contribution in [0, 0.1) is 0 Å². The second-order valence-corrected chi connectivity index (χ2v) is 4.65. The fraction of sp³-hybridized carbons (Fsp3) is 0.125.